The number of aryl methyl sites for hydroxylation is 1. The van der Waals surface area contributed by atoms with E-state index in [4.69, 9.17) is 0 Å². The predicted molar refractivity (Wildman–Crippen MR) is 131 cm³/mol. The molecule has 1 fully saturated rings. The largest absolute Gasteiger partial charge is 0.506 e. The molecule has 32 heavy (non-hydrogen) atoms. The first-order valence-corrected chi connectivity index (χ1v) is 11.5. The Balaban J connectivity index is 1.72. The number of likely N-dealkylation sites (tertiary alicyclic amines) is 1. The van der Waals surface area contributed by atoms with Crippen LogP contribution in [-0.2, 0) is 5.41 Å². The summed E-state index contributed by atoms with van der Waals surface area (Å²) >= 11 is 0. The minimum atomic E-state index is -0.254. The van der Waals surface area contributed by atoms with Gasteiger partial charge in [-0.25, -0.2) is 4.79 Å². The summed E-state index contributed by atoms with van der Waals surface area (Å²) in [6.45, 7) is 13.0. The number of para-hydroxylation sites is 2. The van der Waals surface area contributed by atoms with Crippen LogP contribution in [0.25, 0.3) is 0 Å². The highest BCUT2D eigenvalue weighted by atomic mass is 16.3. The van der Waals surface area contributed by atoms with Crippen molar-refractivity contribution in [3.05, 3.63) is 47.5 Å². The molecule has 2 heterocycles. The van der Waals surface area contributed by atoms with Gasteiger partial charge in [0.2, 0.25) is 0 Å². The van der Waals surface area contributed by atoms with Gasteiger partial charge in [-0.3, -0.25) is 0 Å². The van der Waals surface area contributed by atoms with Crippen LogP contribution in [0, 0.1) is 12.3 Å². The van der Waals surface area contributed by atoms with Crippen molar-refractivity contribution in [1.29, 1.82) is 0 Å². The number of benzene rings is 2. The number of hydrogen-bond acceptors (Lipinski definition) is 4. The summed E-state index contributed by atoms with van der Waals surface area (Å²) in [6, 6.07) is 11.4. The second-order valence-corrected chi connectivity index (χ2v) is 10.5. The Bertz CT molecular complexity index is 1000. The number of phenols is 1. The summed E-state index contributed by atoms with van der Waals surface area (Å²) in [5.74, 6) is 0.300. The molecule has 1 spiro atoms. The van der Waals surface area contributed by atoms with Crippen molar-refractivity contribution >= 4 is 23.1 Å². The molecule has 0 unspecified atom stereocenters. The molecule has 0 radical (unpaired) electrons. The number of fused-ring (bicyclic) bond motifs is 2. The monoisotopic (exact) mass is 436 g/mol. The maximum atomic E-state index is 12.1. The van der Waals surface area contributed by atoms with Gasteiger partial charge < -0.3 is 25.5 Å². The van der Waals surface area contributed by atoms with Crippen molar-refractivity contribution in [2.24, 2.45) is 5.41 Å². The third kappa shape index (κ3) is 4.16. The Kier molecular flexibility index (Phi) is 5.84. The van der Waals surface area contributed by atoms with Gasteiger partial charge in [-0.15, -0.1) is 0 Å². The van der Waals surface area contributed by atoms with Gasteiger partial charge in [-0.05, 0) is 67.6 Å². The number of carbonyl (C=O) groups is 1. The van der Waals surface area contributed by atoms with E-state index in [-0.39, 0.29) is 16.9 Å². The Hall–Kier alpha value is -2.73. The van der Waals surface area contributed by atoms with Crippen LogP contribution in [0.2, 0.25) is 0 Å². The normalized spacial score (nSPS) is 18.0. The molecule has 1 saturated heterocycles. The van der Waals surface area contributed by atoms with Crippen LogP contribution in [0.5, 0.6) is 5.75 Å². The maximum Gasteiger partial charge on any atom is 0.319 e. The Morgan fingerprint density at radius 1 is 1.12 bits per heavy atom. The van der Waals surface area contributed by atoms with Gasteiger partial charge in [0.1, 0.15) is 5.75 Å². The van der Waals surface area contributed by atoms with E-state index in [9.17, 15) is 9.90 Å². The Morgan fingerprint density at radius 2 is 1.81 bits per heavy atom. The van der Waals surface area contributed by atoms with Crippen molar-refractivity contribution < 1.29 is 9.90 Å². The molecule has 6 heteroatoms. The SMILES string of the molecule is CNC(=O)Nc1ccccc1N1CC2(CCN(CC(C)(C)C)CC2)c2c(C)ccc(O)c21. The Labute approximate surface area is 191 Å². The van der Waals surface area contributed by atoms with Gasteiger partial charge in [-0.1, -0.05) is 39.0 Å². The van der Waals surface area contributed by atoms with E-state index in [0.717, 1.165) is 56.1 Å². The summed E-state index contributed by atoms with van der Waals surface area (Å²) in [4.78, 5) is 16.9. The van der Waals surface area contributed by atoms with Crippen LogP contribution < -0.4 is 15.5 Å². The van der Waals surface area contributed by atoms with Gasteiger partial charge in [0.15, 0.2) is 0 Å². The van der Waals surface area contributed by atoms with Crippen LogP contribution in [0.4, 0.5) is 21.9 Å². The summed E-state index contributed by atoms with van der Waals surface area (Å²) in [6.07, 6.45) is 2.11. The molecule has 2 aromatic rings. The molecule has 6 nitrogen and oxygen atoms in total. The number of rotatable bonds is 3. The van der Waals surface area contributed by atoms with Crippen LogP contribution in [-0.4, -0.2) is 49.3 Å². The fourth-order valence-corrected chi connectivity index (χ4v) is 5.51. The number of aromatic hydroxyl groups is 1. The lowest BCUT2D eigenvalue weighted by Crippen LogP contribution is -2.47. The minimum absolute atomic E-state index is 0.00727. The van der Waals surface area contributed by atoms with E-state index >= 15 is 0 Å². The number of urea groups is 1. The molecular formula is C26H36N4O2. The van der Waals surface area contributed by atoms with E-state index in [1.165, 1.54) is 11.1 Å². The van der Waals surface area contributed by atoms with Gasteiger partial charge in [-0.2, -0.15) is 0 Å². The van der Waals surface area contributed by atoms with Crippen molar-refractivity contribution in [2.75, 3.05) is 43.4 Å². The van der Waals surface area contributed by atoms with Gasteiger partial charge in [0.25, 0.3) is 0 Å². The standard InChI is InChI=1S/C26H36N4O2/c1-18-10-11-21(31)23-22(18)26(12-14-29(15-13-26)16-25(2,3)4)17-30(23)20-9-7-6-8-19(20)28-24(32)27-5/h6-11,31H,12-17H2,1-5H3,(H2,27,28,32). The number of anilines is 3. The molecule has 2 amide bonds. The zero-order valence-corrected chi connectivity index (χ0v) is 20.0. The van der Waals surface area contributed by atoms with Gasteiger partial charge in [0.05, 0.1) is 17.1 Å². The molecule has 3 N–H and O–H groups in total. The van der Waals surface area contributed by atoms with Crippen LogP contribution >= 0.6 is 0 Å². The van der Waals surface area contributed by atoms with E-state index < -0.39 is 0 Å². The molecule has 2 aliphatic rings. The second-order valence-electron chi connectivity index (χ2n) is 10.5. The average molecular weight is 437 g/mol. The van der Waals surface area contributed by atoms with E-state index in [0.29, 0.717) is 5.75 Å². The lowest BCUT2D eigenvalue weighted by Gasteiger charge is -2.42. The molecular weight excluding hydrogens is 400 g/mol. The molecule has 2 aromatic carbocycles. The maximum absolute atomic E-state index is 12.1. The summed E-state index contributed by atoms with van der Waals surface area (Å²) in [7, 11) is 1.61. The highest BCUT2D eigenvalue weighted by Crippen LogP contribution is 2.55. The fraction of sp³-hybridized carbons (Fsp3) is 0.500. The number of carbonyl (C=O) groups excluding carboxylic acids is 1. The summed E-state index contributed by atoms with van der Waals surface area (Å²) < 4.78 is 0. The first-order chi connectivity index (χ1) is 15.1. The fourth-order valence-electron chi connectivity index (χ4n) is 5.51. The smallest absolute Gasteiger partial charge is 0.319 e. The quantitative estimate of drug-likeness (QED) is 0.635. The zero-order valence-electron chi connectivity index (χ0n) is 20.0. The summed E-state index contributed by atoms with van der Waals surface area (Å²) in [5.41, 5.74) is 5.30. The number of piperidine rings is 1. The van der Waals surface area contributed by atoms with E-state index in [2.05, 4.69) is 48.1 Å². The minimum Gasteiger partial charge on any atom is -0.506 e. The van der Waals surface area contributed by atoms with Crippen LogP contribution in [0.1, 0.15) is 44.7 Å². The molecule has 4 rings (SSSR count). The molecule has 172 valence electrons. The first-order valence-electron chi connectivity index (χ1n) is 11.5. The molecule has 0 atom stereocenters. The molecule has 0 aliphatic carbocycles. The topological polar surface area (TPSA) is 67.8 Å². The predicted octanol–water partition coefficient (Wildman–Crippen LogP) is 4.98. The lowest BCUT2D eigenvalue weighted by atomic mass is 9.72. The third-order valence-electron chi connectivity index (χ3n) is 6.81. The Morgan fingerprint density at radius 3 is 2.47 bits per heavy atom. The second kappa shape index (κ2) is 8.32. The third-order valence-corrected chi connectivity index (χ3v) is 6.81. The van der Waals surface area contributed by atoms with Gasteiger partial charge >= 0.3 is 6.03 Å². The molecule has 0 aromatic heterocycles. The highest BCUT2D eigenvalue weighted by Gasteiger charge is 2.47. The lowest BCUT2D eigenvalue weighted by molar-refractivity contribution is 0.125. The van der Waals surface area contributed by atoms with Crippen molar-refractivity contribution in [1.82, 2.24) is 10.2 Å². The van der Waals surface area contributed by atoms with Gasteiger partial charge in [0, 0.05) is 25.6 Å². The van der Waals surface area contributed by atoms with E-state index in [1.54, 1.807) is 13.1 Å². The van der Waals surface area contributed by atoms with Crippen molar-refractivity contribution in [3.63, 3.8) is 0 Å². The molecule has 0 saturated carbocycles. The van der Waals surface area contributed by atoms with Crippen molar-refractivity contribution in [2.45, 2.75) is 46.0 Å². The number of phenolic OH excluding ortho intramolecular Hbond substituents is 1. The number of hydrogen-bond donors (Lipinski definition) is 3. The zero-order chi connectivity index (χ0) is 23.1. The van der Waals surface area contributed by atoms with E-state index in [1.807, 2.05) is 30.3 Å². The average Bonchev–Trinajstić information content (AvgIpc) is 3.08. The summed E-state index contributed by atoms with van der Waals surface area (Å²) in [5, 5.41) is 16.5. The van der Waals surface area contributed by atoms with Crippen molar-refractivity contribution in [3.8, 4) is 5.75 Å². The highest BCUT2D eigenvalue weighted by molar-refractivity contribution is 5.95. The number of nitrogens with zero attached hydrogens (tertiary/aromatic N) is 2. The number of nitrogens with one attached hydrogen (secondary N) is 2. The molecule has 0 bridgehead atoms. The molecule has 2 aliphatic heterocycles. The van der Waals surface area contributed by atoms with Crippen LogP contribution in [0.3, 0.4) is 0 Å². The first kappa shape index (κ1) is 22.5. The number of amides is 2. The van der Waals surface area contributed by atoms with Crippen LogP contribution in [0.15, 0.2) is 36.4 Å².